The van der Waals surface area contributed by atoms with Gasteiger partial charge in [0.1, 0.15) is 0 Å². The quantitative estimate of drug-likeness (QED) is 0.537. The lowest BCUT2D eigenvalue weighted by molar-refractivity contribution is 0.641. The zero-order valence-corrected chi connectivity index (χ0v) is 15.3. The molecule has 0 saturated heterocycles. The van der Waals surface area contributed by atoms with Crippen molar-refractivity contribution in [2.45, 2.75) is 19.9 Å². The molecule has 2 aromatic heterocycles. The number of aromatic amines is 1. The highest BCUT2D eigenvalue weighted by atomic mass is 16.1. The van der Waals surface area contributed by atoms with E-state index >= 15 is 0 Å². The number of rotatable bonds is 3. The molecule has 4 rings (SSSR count). The van der Waals surface area contributed by atoms with Crippen LogP contribution in [0.2, 0.25) is 0 Å². The fourth-order valence-electron chi connectivity index (χ4n) is 3.48. The van der Waals surface area contributed by atoms with E-state index in [1.54, 1.807) is 35.9 Å². The average Bonchev–Trinajstić information content (AvgIpc) is 3.03. The van der Waals surface area contributed by atoms with Gasteiger partial charge in [-0.25, -0.2) is 0 Å². The maximum atomic E-state index is 12.6. The Morgan fingerprint density at radius 1 is 1.19 bits per heavy atom. The molecule has 0 aliphatic carbocycles. The Balaban J connectivity index is 1.72. The molecule has 6 heteroatoms. The van der Waals surface area contributed by atoms with Crippen molar-refractivity contribution in [1.82, 2.24) is 14.9 Å². The van der Waals surface area contributed by atoms with Crippen molar-refractivity contribution in [2.75, 3.05) is 6.54 Å². The molecule has 0 saturated carbocycles. The van der Waals surface area contributed by atoms with Crippen molar-refractivity contribution in [3.05, 3.63) is 81.6 Å². The number of allylic oxidation sites excluding steroid dienone is 3. The average molecular weight is 361 g/mol. The number of fused-ring (bicyclic) bond motifs is 3. The molecule has 0 bridgehead atoms. The lowest BCUT2D eigenvalue weighted by atomic mass is 10.1. The summed E-state index contributed by atoms with van der Waals surface area (Å²) in [6.45, 7) is 3.65. The van der Waals surface area contributed by atoms with E-state index in [0.717, 1.165) is 30.7 Å². The highest BCUT2D eigenvalue weighted by Gasteiger charge is 2.15. The Morgan fingerprint density at radius 2 is 2.04 bits per heavy atom. The Morgan fingerprint density at radius 3 is 2.81 bits per heavy atom. The van der Waals surface area contributed by atoms with Gasteiger partial charge in [-0.3, -0.25) is 9.36 Å². The van der Waals surface area contributed by atoms with Crippen molar-refractivity contribution in [3.63, 3.8) is 0 Å². The first-order valence-electron chi connectivity index (χ1n) is 9.00. The van der Waals surface area contributed by atoms with Crippen LogP contribution >= 0.6 is 0 Å². The van der Waals surface area contributed by atoms with Gasteiger partial charge in [0, 0.05) is 65.3 Å². The molecular formula is C21H23N5O. The fourth-order valence-corrected chi connectivity index (χ4v) is 3.48. The molecule has 1 aliphatic rings. The second kappa shape index (κ2) is 6.81. The summed E-state index contributed by atoms with van der Waals surface area (Å²) in [7, 11) is 0. The summed E-state index contributed by atoms with van der Waals surface area (Å²) in [5.41, 5.74) is 17.8. The number of nitrogens with zero attached hydrogens (tertiary/aromatic N) is 1. The first kappa shape index (κ1) is 17.2. The minimum Gasteiger partial charge on any atom is -0.402 e. The molecule has 6 N–H and O–H groups in total. The number of nitrogens with two attached hydrogens (primary N) is 2. The third-order valence-electron chi connectivity index (χ3n) is 4.89. The molecular weight excluding hydrogens is 338 g/mol. The van der Waals surface area contributed by atoms with Crippen LogP contribution < -0.4 is 22.3 Å². The summed E-state index contributed by atoms with van der Waals surface area (Å²) in [6, 6.07) is 9.46. The predicted molar refractivity (Wildman–Crippen MR) is 109 cm³/mol. The predicted octanol–water partition coefficient (Wildman–Crippen LogP) is 2.13. The SMILES string of the molecule is C/C(N)=C/C=C(\N)c1ccn(-c2ccc3c4c([nH]c3c2)CCNC4)c(=O)c1. The minimum absolute atomic E-state index is 0.130. The highest BCUT2D eigenvalue weighted by molar-refractivity contribution is 5.86. The molecule has 27 heavy (non-hydrogen) atoms. The lowest BCUT2D eigenvalue weighted by Crippen LogP contribution is -2.22. The highest BCUT2D eigenvalue weighted by Crippen LogP contribution is 2.26. The molecule has 6 nitrogen and oxygen atoms in total. The monoisotopic (exact) mass is 361 g/mol. The Bertz CT molecular complexity index is 1130. The maximum Gasteiger partial charge on any atom is 0.255 e. The van der Waals surface area contributed by atoms with Gasteiger partial charge in [0.05, 0.1) is 5.69 Å². The van der Waals surface area contributed by atoms with E-state index in [4.69, 9.17) is 11.5 Å². The molecule has 3 aromatic rings. The molecule has 0 atom stereocenters. The molecule has 0 amide bonds. The number of hydrogen-bond acceptors (Lipinski definition) is 4. The number of nitrogens with one attached hydrogen (secondary N) is 2. The van der Waals surface area contributed by atoms with E-state index in [-0.39, 0.29) is 5.56 Å². The number of hydrogen-bond donors (Lipinski definition) is 4. The summed E-state index contributed by atoms with van der Waals surface area (Å²) in [5.74, 6) is 0. The van der Waals surface area contributed by atoms with Crippen molar-refractivity contribution >= 4 is 16.6 Å². The summed E-state index contributed by atoms with van der Waals surface area (Å²) < 4.78 is 1.62. The number of aromatic nitrogens is 2. The minimum atomic E-state index is -0.130. The number of benzene rings is 1. The largest absolute Gasteiger partial charge is 0.402 e. The molecule has 0 spiro atoms. The van der Waals surface area contributed by atoms with Crippen LogP contribution in [0, 0.1) is 0 Å². The summed E-state index contributed by atoms with van der Waals surface area (Å²) in [6.07, 6.45) is 6.17. The van der Waals surface area contributed by atoms with E-state index < -0.39 is 0 Å². The van der Waals surface area contributed by atoms with Crippen LogP contribution in [0.4, 0.5) is 0 Å². The third-order valence-corrected chi connectivity index (χ3v) is 4.89. The topological polar surface area (TPSA) is 102 Å². The molecule has 0 unspecified atom stereocenters. The van der Waals surface area contributed by atoms with Gasteiger partial charge in [-0.05, 0) is 42.8 Å². The summed E-state index contributed by atoms with van der Waals surface area (Å²) in [5, 5.41) is 4.61. The van der Waals surface area contributed by atoms with E-state index in [2.05, 4.69) is 16.4 Å². The zero-order valence-electron chi connectivity index (χ0n) is 15.3. The Labute approximate surface area is 157 Å². The van der Waals surface area contributed by atoms with Crippen LogP contribution in [0.25, 0.3) is 22.3 Å². The van der Waals surface area contributed by atoms with Gasteiger partial charge in [-0.15, -0.1) is 0 Å². The van der Waals surface area contributed by atoms with Crippen molar-refractivity contribution in [3.8, 4) is 5.69 Å². The third kappa shape index (κ3) is 3.27. The van der Waals surface area contributed by atoms with Crippen LogP contribution in [0.15, 0.2) is 59.2 Å². The summed E-state index contributed by atoms with van der Waals surface area (Å²) >= 11 is 0. The molecule has 0 radical (unpaired) electrons. The van der Waals surface area contributed by atoms with Crippen molar-refractivity contribution in [1.29, 1.82) is 0 Å². The van der Waals surface area contributed by atoms with Crippen molar-refractivity contribution < 1.29 is 0 Å². The van der Waals surface area contributed by atoms with E-state index in [9.17, 15) is 4.79 Å². The standard InChI is InChI=1S/C21H23N5O/c1-13(22)2-5-18(23)14-7-9-26(21(27)10-14)15-3-4-16-17-12-24-8-6-19(17)25-20(16)11-15/h2-5,7,9-11,24-25H,6,8,12,22-23H2,1H3/b13-2-,18-5-. The normalized spacial score (nSPS) is 15.1. The van der Waals surface area contributed by atoms with Crippen LogP contribution in [-0.4, -0.2) is 16.1 Å². The van der Waals surface area contributed by atoms with Crippen molar-refractivity contribution in [2.24, 2.45) is 11.5 Å². The van der Waals surface area contributed by atoms with Crippen LogP contribution in [0.5, 0.6) is 0 Å². The fraction of sp³-hybridized carbons (Fsp3) is 0.190. The van der Waals surface area contributed by atoms with E-state index in [1.807, 2.05) is 18.2 Å². The van der Waals surface area contributed by atoms with Crippen LogP contribution in [-0.2, 0) is 13.0 Å². The first-order valence-corrected chi connectivity index (χ1v) is 9.00. The Hall–Kier alpha value is -3.25. The van der Waals surface area contributed by atoms with Gasteiger partial charge < -0.3 is 21.8 Å². The lowest BCUT2D eigenvalue weighted by Gasteiger charge is -2.12. The summed E-state index contributed by atoms with van der Waals surface area (Å²) in [4.78, 5) is 16.1. The molecule has 138 valence electrons. The molecule has 3 heterocycles. The second-order valence-corrected chi connectivity index (χ2v) is 6.90. The van der Waals surface area contributed by atoms with Gasteiger partial charge in [-0.2, -0.15) is 0 Å². The molecule has 1 aromatic carbocycles. The zero-order chi connectivity index (χ0) is 19.0. The molecule has 1 aliphatic heterocycles. The van der Waals surface area contributed by atoms with Crippen LogP contribution in [0.1, 0.15) is 23.7 Å². The van der Waals surface area contributed by atoms with E-state index in [0.29, 0.717) is 17.0 Å². The van der Waals surface area contributed by atoms with Gasteiger partial charge in [0.2, 0.25) is 0 Å². The van der Waals surface area contributed by atoms with Gasteiger partial charge in [-0.1, -0.05) is 6.07 Å². The van der Waals surface area contributed by atoms with E-state index in [1.165, 1.54) is 16.6 Å². The Kier molecular flexibility index (Phi) is 4.33. The van der Waals surface area contributed by atoms with Gasteiger partial charge >= 0.3 is 0 Å². The smallest absolute Gasteiger partial charge is 0.255 e. The number of H-pyrrole nitrogens is 1. The first-order chi connectivity index (χ1) is 13.0. The van der Waals surface area contributed by atoms with Crippen LogP contribution in [0.3, 0.4) is 0 Å². The maximum absolute atomic E-state index is 12.6. The second-order valence-electron chi connectivity index (χ2n) is 6.90. The molecule has 0 fully saturated rings. The number of pyridine rings is 1. The van der Waals surface area contributed by atoms with Gasteiger partial charge in [0.25, 0.3) is 5.56 Å². The van der Waals surface area contributed by atoms with Gasteiger partial charge in [0.15, 0.2) is 0 Å².